The number of carbonyl (C=O) groups excluding carboxylic acids is 1. The molecule has 114 valence electrons. The van der Waals surface area contributed by atoms with Gasteiger partial charge in [0.2, 0.25) is 0 Å². The summed E-state index contributed by atoms with van der Waals surface area (Å²) >= 11 is 0. The van der Waals surface area contributed by atoms with E-state index in [1.807, 2.05) is 0 Å². The van der Waals surface area contributed by atoms with E-state index in [1.54, 1.807) is 6.07 Å². The minimum Gasteiger partial charge on any atom is -0.494 e. The summed E-state index contributed by atoms with van der Waals surface area (Å²) in [5, 5.41) is 10.8. The molecule has 0 spiro atoms. The smallest absolute Gasteiger partial charge is 0.310 e. The van der Waals surface area contributed by atoms with Crippen LogP contribution in [0.3, 0.4) is 0 Å². The number of halogens is 1. The lowest BCUT2D eigenvalue weighted by Crippen LogP contribution is -2.12. The van der Waals surface area contributed by atoms with Gasteiger partial charge in [-0.1, -0.05) is 12.1 Å². The molecule has 0 amide bonds. The van der Waals surface area contributed by atoms with Gasteiger partial charge in [-0.05, 0) is 24.3 Å². The van der Waals surface area contributed by atoms with Crippen LogP contribution in [0.2, 0.25) is 0 Å². The van der Waals surface area contributed by atoms with Crippen LogP contribution in [-0.4, -0.2) is 24.4 Å². The number of ketones is 1. The highest BCUT2D eigenvalue weighted by atomic mass is 19.1. The van der Waals surface area contributed by atoms with Crippen LogP contribution in [0, 0.1) is 15.9 Å². The molecule has 0 unspecified atom stereocenters. The zero-order chi connectivity index (χ0) is 16.1. The molecule has 0 saturated heterocycles. The van der Waals surface area contributed by atoms with E-state index < -0.39 is 23.1 Å². The third-order valence-corrected chi connectivity index (χ3v) is 2.89. The Morgan fingerprint density at radius 1 is 1.23 bits per heavy atom. The van der Waals surface area contributed by atoms with Gasteiger partial charge < -0.3 is 9.47 Å². The second kappa shape index (κ2) is 6.66. The van der Waals surface area contributed by atoms with Crippen LogP contribution in [0.4, 0.5) is 10.1 Å². The quantitative estimate of drug-likeness (QED) is 0.465. The second-order valence-electron chi connectivity index (χ2n) is 4.29. The molecule has 0 aliphatic rings. The highest BCUT2D eigenvalue weighted by Gasteiger charge is 2.16. The van der Waals surface area contributed by atoms with Crippen LogP contribution >= 0.6 is 0 Å². The first-order chi connectivity index (χ1) is 10.5. The van der Waals surface area contributed by atoms with Crippen molar-refractivity contribution < 1.29 is 23.6 Å². The number of benzene rings is 2. The summed E-state index contributed by atoms with van der Waals surface area (Å²) in [6, 6.07) is 9.46. The zero-order valence-electron chi connectivity index (χ0n) is 11.6. The number of hydrogen-bond donors (Lipinski definition) is 0. The van der Waals surface area contributed by atoms with Gasteiger partial charge >= 0.3 is 5.69 Å². The third kappa shape index (κ3) is 3.38. The molecular weight excluding hydrogens is 293 g/mol. The predicted octanol–water partition coefficient (Wildman–Crippen LogP) is 3.00. The van der Waals surface area contributed by atoms with Crippen molar-refractivity contribution in [1.82, 2.24) is 0 Å². The molecule has 0 radical (unpaired) electrons. The average Bonchev–Trinajstić information content (AvgIpc) is 2.52. The Balaban J connectivity index is 2.10. The molecule has 22 heavy (non-hydrogen) atoms. The van der Waals surface area contributed by atoms with Gasteiger partial charge in [0, 0.05) is 11.6 Å². The number of rotatable bonds is 6. The summed E-state index contributed by atoms with van der Waals surface area (Å²) in [7, 11) is 1.32. The largest absolute Gasteiger partial charge is 0.494 e. The van der Waals surface area contributed by atoms with E-state index in [0.29, 0.717) is 0 Å². The van der Waals surface area contributed by atoms with Gasteiger partial charge in [-0.25, -0.2) is 4.39 Å². The first kappa shape index (κ1) is 15.4. The number of nitro benzene ring substituents is 1. The van der Waals surface area contributed by atoms with E-state index in [0.717, 1.165) is 6.07 Å². The fourth-order valence-corrected chi connectivity index (χ4v) is 1.80. The maximum Gasteiger partial charge on any atom is 0.310 e. The van der Waals surface area contributed by atoms with Crippen molar-refractivity contribution in [3.8, 4) is 11.5 Å². The molecule has 0 aliphatic heterocycles. The Labute approximate surface area is 125 Å². The van der Waals surface area contributed by atoms with E-state index in [-0.39, 0.29) is 22.7 Å². The lowest BCUT2D eigenvalue weighted by molar-refractivity contribution is -0.385. The zero-order valence-corrected chi connectivity index (χ0v) is 11.6. The number of nitrogens with zero attached hydrogens (tertiary/aromatic N) is 1. The van der Waals surface area contributed by atoms with E-state index in [1.165, 1.54) is 37.4 Å². The van der Waals surface area contributed by atoms with Crippen molar-refractivity contribution in [3.05, 3.63) is 64.0 Å². The summed E-state index contributed by atoms with van der Waals surface area (Å²) in [5.41, 5.74) is -0.145. The van der Waals surface area contributed by atoms with Crippen molar-refractivity contribution >= 4 is 11.5 Å². The molecule has 0 heterocycles. The maximum atomic E-state index is 13.5. The lowest BCUT2D eigenvalue weighted by Gasteiger charge is -2.07. The van der Waals surface area contributed by atoms with E-state index in [4.69, 9.17) is 9.47 Å². The number of methoxy groups -OCH3 is 1. The number of carbonyl (C=O) groups is 1. The van der Waals surface area contributed by atoms with Gasteiger partial charge in [0.25, 0.3) is 0 Å². The van der Waals surface area contributed by atoms with Crippen LogP contribution < -0.4 is 9.47 Å². The number of ether oxygens (including phenoxy) is 2. The Kier molecular flexibility index (Phi) is 4.67. The number of para-hydroxylation sites is 2. The van der Waals surface area contributed by atoms with E-state index in [9.17, 15) is 19.3 Å². The molecule has 0 aromatic heterocycles. The Morgan fingerprint density at radius 3 is 2.59 bits per heavy atom. The summed E-state index contributed by atoms with van der Waals surface area (Å²) in [6.45, 7) is -0.434. The first-order valence-corrected chi connectivity index (χ1v) is 6.26. The summed E-state index contributed by atoms with van der Waals surface area (Å²) < 4.78 is 23.5. The van der Waals surface area contributed by atoms with Crippen LogP contribution in [0.25, 0.3) is 0 Å². The van der Waals surface area contributed by atoms with Gasteiger partial charge in [-0.15, -0.1) is 0 Å². The molecule has 2 aromatic carbocycles. The van der Waals surface area contributed by atoms with Crippen LogP contribution in [-0.2, 0) is 0 Å². The topological polar surface area (TPSA) is 78.7 Å². The fraction of sp³-hybridized carbons (Fsp3) is 0.133. The molecule has 7 heteroatoms. The minimum absolute atomic E-state index is 0.0187. The van der Waals surface area contributed by atoms with Crippen molar-refractivity contribution in [1.29, 1.82) is 0 Å². The molecule has 0 bridgehead atoms. The molecule has 2 rings (SSSR count). The molecule has 0 N–H and O–H groups in total. The normalized spacial score (nSPS) is 10.1. The minimum atomic E-state index is -0.668. The maximum absolute atomic E-state index is 13.5. The van der Waals surface area contributed by atoms with Gasteiger partial charge in [0.1, 0.15) is 0 Å². The third-order valence-electron chi connectivity index (χ3n) is 2.89. The average molecular weight is 305 g/mol. The summed E-state index contributed by atoms with van der Waals surface area (Å²) in [6.07, 6.45) is 0. The number of nitro groups is 1. The molecule has 0 fully saturated rings. The molecular formula is C15H12FNO5. The SMILES string of the molecule is COc1ccc(C(=O)COc2ccccc2[N+](=O)[O-])cc1F. The number of hydrogen-bond acceptors (Lipinski definition) is 5. The predicted molar refractivity (Wildman–Crippen MR) is 75.9 cm³/mol. The van der Waals surface area contributed by atoms with Crippen LogP contribution in [0.1, 0.15) is 10.4 Å². The van der Waals surface area contributed by atoms with Crippen molar-refractivity contribution in [2.24, 2.45) is 0 Å². The lowest BCUT2D eigenvalue weighted by atomic mass is 10.1. The Bertz CT molecular complexity index is 717. The van der Waals surface area contributed by atoms with Crippen molar-refractivity contribution in [2.45, 2.75) is 0 Å². The van der Waals surface area contributed by atoms with Gasteiger partial charge in [0.15, 0.2) is 29.7 Å². The summed E-state index contributed by atoms with van der Waals surface area (Å²) in [5.74, 6) is -1.16. The molecule has 0 atom stereocenters. The van der Waals surface area contributed by atoms with Crippen LogP contribution in [0.5, 0.6) is 11.5 Å². The highest BCUT2D eigenvalue weighted by Crippen LogP contribution is 2.26. The van der Waals surface area contributed by atoms with Crippen LogP contribution in [0.15, 0.2) is 42.5 Å². The van der Waals surface area contributed by atoms with Crippen molar-refractivity contribution in [2.75, 3.05) is 13.7 Å². The van der Waals surface area contributed by atoms with Gasteiger partial charge in [-0.2, -0.15) is 0 Å². The van der Waals surface area contributed by atoms with Gasteiger partial charge in [-0.3, -0.25) is 14.9 Å². The van der Waals surface area contributed by atoms with Crippen molar-refractivity contribution in [3.63, 3.8) is 0 Å². The Hall–Kier alpha value is -2.96. The fourth-order valence-electron chi connectivity index (χ4n) is 1.80. The second-order valence-corrected chi connectivity index (χ2v) is 4.29. The molecule has 2 aromatic rings. The molecule has 6 nitrogen and oxygen atoms in total. The monoisotopic (exact) mass is 305 g/mol. The molecule has 0 aliphatic carbocycles. The molecule has 0 saturated carbocycles. The Morgan fingerprint density at radius 2 is 1.95 bits per heavy atom. The summed E-state index contributed by atoms with van der Waals surface area (Å²) in [4.78, 5) is 22.2. The first-order valence-electron chi connectivity index (χ1n) is 6.26. The highest BCUT2D eigenvalue weighted by molar-refractivity contribution is 5.97. The standard InChI is InChI=1S/C15H12FNO5/c1-21-14-7-6-10(8-11(14)16)13(18)9-22-15-5-3-2-4-12(15)17(19)20/h2-8H,9H2,1H3. The number of Topliss-reactive ketones (excluding diaryl/α,β-unsaturated/α-hetero) is 1. The van der Waals surface area contributed by atoms with Gasteiger partial charge in [0.05, 0.1) is 12.0 Å². The van der Waals surface area contributed by atoms with E-state index in [2.05, 4.69) is 0 Å². The van der Waals surface area contributed by atoms with E-state index >= 15 is 0 Å².